The fraction of sp³-hybridized carbons (Fsp3) is 0.632. The van der Waals surface area contributed by atoms with Crippen LogP contribution in [0.4, 0.5) is 0 Å². The van der Waals surface area contributed by atoms with Crippen LogP contribution in [0.1, 0.15) is 31.4 Å². The molecule has 3 unspecified atom stereocenters. The van der Waals surface area contributed by atoms with Gasteiger partial charge in [-0.25, -0.2) is 0 Å². The molecule has 0 radical (unpaired) electrons. The number of hydrogen-bond donors (Lipinski definition) is 3. The number of nitrogens with zero attached hydrogens (tertiary/aromatic N) is 2. The Labute approximate surface area is 145 Å². The molecule has 1 heterocycles. The van der Waals surface area contributed by atoms with E-state index >= 15 is 0 Å². The van der Waals surface area contributed by atoms with Crippen LogP contribution in [-0.4, -0.2) is 54.3 Å². The third-order valence-corrected chi connectivity index (χ3v) is 4.91. The van der Waals surface area contributed by atoms with Gasteiger partial charge in [0.15, 0.2) is 5.96 Å². The van der Waals surface area contributed by atoms with Crippen LogP contribution in [-0.2, 0) is 13.0 Å². The fourth-order valence-corrected chi connectivity index (χ4v) is 3.28. The van der Waals surface area contributed by atoms with E-state index in [1.807, 2.05) is 0 Å². The number of guanidine groups is 1. The number of nitrogens with one attached hydrogen (secondary N) is 2. The largest absolute Gasteiger partial charge is 0.390 e. The van der Waals surface area contributed by atoms with Gasteiger partial charge in [-0.2, -0.15) is 0 Å². The van der Waals surface area contributed by atoms with Crippen LogP contribution in [0.2, 0.25) is 0 Å². The molecule has 0 bridgehead atoms. The zero-order valence-electron chi connectivity index (χ0n) is 14.8. The Morgan fingerprint density at radius 1 is 1.38 bits per heavy atom. The Balaban J connectivity index is 1.48. The predicted octanol–water partition coefficient (Wildman–Crippen LogP) is 1.37. The molecule has 3 rings (SSSR count). The average Bonchev–Trinajstić information content (AvgIpc) is 3.27. The monoisotopic (exact) mass is 330 g/mol. The van der Waals surface area contributed by atoms with E-state index in [2.05, 4.69) is 58.6 Å². The summed E-state index contributed by atoms with van der Waals surface area (Å²) in [5.74, 6) is 1.56. The maximum absolute atomic E-state index is 10.4. The van der Waals surface area contributed by atoms with Gasteiger partial charge in [0.05, 0.1) is 12.6 Å². The van der Waals surface area contributed by atoms with E-state index in [0.717, 1.165) is 37.9 Å². The minimum absolute atomic E-state index is 0.428. The first-order valence-corrected chi connectivity index (χ1v) is 9.17. The molecule has 2 aliphatic rings. The van der Waals surface area contributed by atoms with Crippen molar-refractivity contribution in [3.63, 3.8) is 0 Å². The molecule has 24 heavy (non-hydrogen) atoms. The van der Waals surface area contributed by atoms with Gasteiger partial charge in [0.2, 0.25) is 0 Å². The molecule has 1 aromatic carbocycles. The third-order valence-electron chi connectivity index (χ3n) is 4.91. The zero-order chi connectivity index (χ0) is 16.9. The van der Waals surface area contributed by atoms with Gasteiger partial charge in [-0.15, -0.1) is 0 Å². The summed E-state index contributed by atoms with van der Waals surface area (Å²) in [6.45, 7) is 8.20. The standard InChI is InChI=1S/C19H30N4O/c1-3-20-19(22-18-10-14(18)2)21-11-17(24)13-23-9-8-15-6-4-5-7-16(15)12-23/h4-7,14,17-18,24H,3,8-13H2,1-2H3,(H2,20,21,22). The molecule has 3 N–H and O–H groups in total. The molecule has 1 aromatic rings. The Kier molecular flexibility index (Phi) is 5.74. The molecule has 0 saturated heterocycles. The molecule has 3 atom stereocenters. The molecule has 5 nitrogen and oxygen atoms in total. The zero-order valence-corrected chi connectivity index (χ0v) is 14.8. The van der Waals surface area contributed by atoms with Gasteiger partial charge in [-0.1, -0.05) is 31.2 Å². The van der Waals surface area contributed by atoms with E-state index in [1.54, 1.807) is 0 Å². The normalized spacial score (nSPS) is 25.0. The van der Waals surface area contributed by atoms with Crippen LogP contribution < -0.4 is 10.6 Å². The molecule has 1 aliphatic carbocycles. The topological polar surface area (TPSA) is 59.9 Å². The molecule has 5 heteroatoms. The number of β-amino-alcohol motifs (C(OH)–C–C–N with tert-alkyl or cyclic N) is 1. The van der Waals surface area contributed by atoms with Crippen molar-refractivity contribution in [2.75, 3.05) is 26.2 Å². The van der Waals surface area contributed by atoms with Crippen LogP contribution in [0, 0.1) is 5.92 Å². The molecule has 1 saturated carbocycles. The summed E-state index contributed by atoms with van der Waals surface area (Å²) in [6.07, 6.45) is 1.85. The Morgan fingerprint density at radius 3 is 2.83 bits per heavy atom. The first-order chi connectivity index (χ1) is 11.7. The van der Waals surface area contributed by atoms with Gasteiger partial charge in [-0.05, 0) is 36.8 Å². The van der Waals surface area contributed by atoms with E-state index in [1.165, 1.54) is 17.5 Å². The Bertz CT molecular complexity index is 574. The SMILES string of the molecule is CCNC(=NCC(O)CN1CCc2ccccc2C1)NC1CC1C. The second-order valence-corrected chi connectivity index (χ2v) is 7.09. The van der Waals surface area contributed by atoms with Gasteiger partial charge in [0, 0.05) is 32.2 Å². The van der Waals surface area contributed by atoms with E-state index in [9.17, 15) is 5.11 Å². The second-order valence-electron chi connectivity index (χ2n) is 7.09. The van der Waals surface area contributed by atoms with E-state index in [0.29, 0.717) is 19.1 Å². The van der Waals surface area contributed by atoms with E-state index in [4.69, 9.17) is 0 Å². The first kappa shape index (κ1) is 17.2. The predicted molar refractivity (Wildman–Crippen MR) is 98.1 cm³/mol. The minimum atomic E-state index is -0.428. The number of aliphatic hydroxyl groups is 1. The quantitative estimate of drug-likeness (QED) is 0.545. The highest BCUT2D eigenvalue weighted by Crippen LogP contribution is 2.28. The van der Waals surface area contributed by atoms with Gasteiger partial charge in [-0.3, -0.25) is 9.89 Å². The summed E-state index contributed by atoms with van der Waals surface area (Å²) in [6, 6.07) is 9.14. The lowest BCUT2D eigenvalue weighted by molar-refractivity contribution is 0.111. The van der Waals surface area contributed by atoms with Crippen molar-refractivity contribution in [1.82, 2.24) is 15.5 Å². The van der Waals surface area contributed by atoms with Crippen LogP contribution in [0.5, 0.6) is 0 Å². The lowest BCUT2D eigenvalue weighted by Crippen LogP contribution is -2.41. The smallest absolute Gasteiger partial charge is 0.191 e. The number of rotatable bonds is 6. The van der Waals surface area contributed by atoms with Crippen LogP contribution >= 0.6 is 0 Å². The lowest BCUT2D eigenvalue weighted by Gasteiger charge is -2.30. The number of aliphatic imine (C=N–C) groups is 1. The number of fused-ring (bicyclic) bond motifs is 1. The molecular weight excluding hydrogens is 300 g/mol. The molecule has 0 aromatic heterocycles. The highest BCUT2D eigenvalue weighted by Gasteiger charge is 2.33. The summed E-state index contributed by atoms with van der Waals surface area (Å²) in [7, 11) is 0. The highest BCUT2D eigenvalue weighted by molar-refractivity contribution is 5.80. The van der Waals surface area contributed by atoms with Crippen LogP contribution in [0.25, 0.3) is 0 Å². The summed E-state index contributed by atoms with van der Waals surface area (Å²) in [4.78, 5) is 6.88. The summed E-state index contributed by atoms with van der Waals surface area (Å²) in [5.41, 5.74) is 2.83. The Morgan fingerprint density at radius 2 is 2.12 bits per heavy atom. The van der Waals surface area contributed by atoms with Crippen molar-refractivity contribution in [3.8, 4) is 0 Å². The van der Waals surface area contributed by atoms with Crippen LogP contribution in [0.3, 0.4) is 0 Å². The summed E-state index contributed by atoms with van der Waals surface area (Å²) in [5, 5.41) is 17.1. The number of hydrogen-bond acceptors (Lipinski definition) is 3. The first-order valence-electron chi connectivity index (χ1n) is 9.17. The molecule has 1 aliphatic heterocycles. The van der Waals surface area contributed by atoms with Crippen molar-refractivity contribution in [3.05, 3.63) is 35.4 Å². The fourth-order valence-electron chi connectivity index (χ4n) is 3.28. The maximum Gasteiger partial charge on any atom is 0.191 e. The molecule has 1 fully saturated rings. The van der Waals surface area contributed by atoms with Crippen molar-refractivity contribution < 1.29 is 5.11 Å². The molecule has 0 spiro atoms. The van der Waals surface area contributed by atoms with Crippen LogP contribution in [0.15, 0.2) is 29.3 Å². The van der Waals surface area contributed by atoms with Crippen molar-refractivity contribution >= 4 is 5.96 Å². The van der Waals surface area contributed by atoms with Gasteiger partial charge in [0.25, 0.3) is 0 Å². The second kappa shape index (κ2) is 7.99. The molecular formula is C19H30N4O. The number of aliphatic hydroxyl groups excluding tert-OH is 1. The van der Waals surface area contributed by atoms with Crippen molar-refractivity contribution in [2.24, 2.45) is 10.9 Å². The molecule has 0 amide bonds. The molecule has 132 valence electrons. The lowest BCUT2D eigenvalue weighted by atomic mass is 10.00. The minimum Gasteiger partial charge on any atom is -0.390 e. The van der Waals surface area contributed by atoms with Gasteiger partial charge in [0.1, 0.15) is 0 Å². The number of benzene rings is 1. The van der Waals surface area contributed by atoms with E-state index < -0.39 is 6.10 Å². The van der Waals surface area contributed by atoms with Gasteiger partial charge < -0.3 is 15.7 Å². The summed E-state index contributed by atoms with van der Waals surface area (Å²) >= 11 is 0. The third kappa shape index (κ3) is 4.71. The maximum atomic E-state index is 10.4. The van der Waals surface area contributed by atoms with E-state index in [-0.39, 0.29) is 0 Å². The van der Waals surface area contributed by atoms with Gasteiger partial charge >= 0.3 is 0 Å². The van der Waals surface area contributed by atoms with Crippen molar-refractivity contribution in [2.45, 2.75) is 45.4 Å². The van der Waals surface area contributed by atoms with Crippen molar-refractivity contribution in [1.29, 1.82) is 0 Å². The summed E-state index contributed by atoms with van der Waals surface area (Å²) < 4.78 is 0. The highest BCUT2D eigenvalue weighted by atomic mass is 16.3. The average molecular weight is 330 g/mol. The Hall–Kier alpha value is -1.59.